The van der Waals surface area contributed by atoms with E-state index in [9.17, 15) is 21.6 Å². The van der Waals surface area contributed by atoms with Crippen LogP contribution in [0.3, 0.4) is 0 Å². The Labute approximate surface area is 206 Å². The van der Waals surface area contributed by atoms with Crippen LogP contribution in [0.4, 0.5) is 30.5 Å². The molecule has 0 aliphatic heterocycles. The van der Waals surface area contributed by atoms with Gasteiger partial charge in [-0.1, -0.05) is 0 Å². The van der Waals surface area contributed by atoms with Crippen LogP contribution in [0.25, 0.3) is 11.4 Å². The number of sulfonamides is 1. The van der Waals surface area contributed by atoms with Crippen molar-refractivity contribution in [1.82, 2.24) is 19.9 Å². The molecular weight excluding hydrogens is 497 g/mol. The van der Waals surface area contributed by atoms with Gasteiger partial charge in [0, 0.05) is 36.2 Å². The molecule has 2 aromatic heterocycles. The van der Waals surface area contributed by atoms with Crippen LogP contribution in [-0.4, -0.2) is 61.2 Å². The van der Waals surface area contributed by atoms with Gasteiger partial charge in [0.05, 0.1) is 11.1 Å². The third-order valence-electron chi connectivity index (χ3n) is 4.90. The Morgan fingerprint density at radius 1 is 1.14 bits per heavy atom. The van der Waals surface area contributed by atoms with Gasteiger partial charge in [0.2, 0.25) is 0 Å². The van der Waals surface area contributed by atoms with E-state index in [1.807, 2.05) is 19.0 Å². The SMILES string of the molecule is CC(=N)c1c(N)nc(-c2ccc(NS(=O)(=O)c3cc(C(F)(F)F)ccn3)cc2)nc1NCCN(C)C. The summed E-state index contributed by atoms with van der Waals surface area (Å²) in [5, 5.41) is 10.4. The zero-order valence-corrected chi connectivity index (χ0v) is 20.5. The maximum absolute atomic E-state index is 12.9. The van der Waals surface area contributed by atoms with Gasteiger partial charge in [-0.2, -0.15) is 21.6 Å². The first kappa shape index (κ1) is 26.8. The smallest absolute Gasteiger partial charge is 0.383 e. The molecule has 2 heterocycles. The summed E-state index contributed by atoms with van der Waals surface area (Å²) in [5.41, 5.74) is 6.15. The Balaban J connectivity index is 1.86. The molecule has 5 N–H and O–H groups in total. The number of nitrogens with zero attached hydrogens (tertiary/aromatic N) is 4. The number of aromatic nitrogens is 3. The number of hydrogen-bond donors (Lipinski definition) is 4. The second-order valence-corrected chi connectivity index (χ2v) is 9.70. The molecule has 0 saturated carbocycles. The molecule has 10 nitrogen and oxygen atoms in total. The molecule has 1 aromatic carbocycles. The highest BCUT2D eigenvalue weighted by molar-refractivity contribution is 7.92. The Morgan fingerprint density at radius 3 is 2.39 bits per heavy atom. The summed E-state index contributed by atoms with van der Waals surface area (Å²) in [5.74, 6) is 0.756. The van der Waals surface area contributed by atoms with Gasteiger partial charge in [0.15, 0.2) is 10.9 Å². The molecule has 0 amide bonds. The number of hydrogen-bond acceptors (Lipinski definition) is 9. The van der Waals surface area contributed by atoms with Gasteiger partial charge < -0.3 is 21.4 Å². The van der Waals surface area contributed by atoms with Crippen molar-refractivity contribution >= 4 is 33.1 Å². The first-order valence-electron chi connectivity index (χ1n) is 10.6. The van der Waals surface area contributed by atoms with Crippen LogP contribution in [0, 0.1) is 5.41 Å². The van der Waals surface area contributed by atoms with E-state index in [4.69, 9.17) is 11.1 Å². The lowest BCUT2D eigenvalue weighted by Crippen LogP contribution is -2.22. The highest BCUT2D eigenvalue weighted by Crippen LogP contribution is 2.30. The molecule has 0 saturated heterocycles. The number of pyridine rings is 1. The summed E-state index contributed by atoms with van der Waals surface area (Å²) in [4.78, 5) is 14.3. The van der Waals surface area contributed by atoms with Crippen molar-refractivity contribution in [3.8, 4) is 11.4 Å². The topological polar surface area (TPSA) is 150 Å². The average Bonchev–Trinajstić information content (AvgIpc) is 2.78. The van der Waals surface area contributed by atoms with Gasteiger partial charge in [-0.3, -0.25) is 4.72 Å². The van der Waals surface area contributed by atoms with Crippen molar-refractivity contribution in [3.63, 3.8) is 0 Å². The quantitative estimate of drug-likeness (QED) is 0.313. The lowest BCUT2D eigenvalue weighted by molar-refractivity contribution is -0.137. The Kier molecular flexibility index (Phi) is 7.79. The highest BCUT2D eigenvalue weighted by Gasteiger charge is 2.32. The van der Waals surface area contributed by atoms with Crippen molar-refractivity contribution < 1.29 is 21.6 Å². The van der Waals surface area contributed by atoms with E-state index in [1.165, 1.54) is 24.3 Å². The number of halogens is 3. The highest BCUT2D eigenvalue weighted by atomic mass is 32.2. The fourth-order valence-electron chi connectivity index (χ4n) is 3.13. The standard InChI is InChI=1S/C22H25F3N8O2S/c1-13(26)18-19(27)30-20(31-21(18)29-10-11-33(2)3)14-4-6-16(7-5-14)32-36(34,35)17-12-15(8-9-28-17)22(23,24)25/h4-9,12,26,32H,10-11H2,1-3H3,(H3,27,29,30,31). The summed E-state index contributed by atoms with van der Waals surface area (Å²) >= 11 is 0. The maximum atomic E-state index is 12.9. The molecule has 0 radical (unpaired) electrons. The molecule has 0 unspecified atom stereocenters. The van der Waals surface area contributed by atoms with E-state index < -0.39 is 26.8 Å². The lowest BCUT2D eigenvalue weighted by atomic mass is 10.1. The minimum Gasteiger partial charge on any atom is -0.383 e. The number of nitrogens with one attached hydrogen (secondary N) is 3. The number of alkyl halides is 3. The molecule has 0 aliphatic rings. The van der Waals surface area contributed by atoms with Crippen LogP contribution in [0.15, 0.2) is 47.6 Å². The number of rotatable bonds is 9. The number of likely N-dealkylation sites (N-methyl/N-ethyl adjacent to an activating group) is 1. The van der Waals surface area contributed by atoms with Gasteiger partial charge in [-0.05, 0) is 57.4 Å². The second kappa shape index (κ2) is 10.5. The number of nitrogens with two attached hydrogens (primary N) is 1. The summed E-state index contributed by atoms with van der Waals surface area (Å²) in [6, 6.07) is 7.04. The molecule has 0 aliphatic carbocycles. The average molecular weight is 523 g/mol. The van der Waals surface area contributed by atoms with E-state index >= 15 is 0 Å². The predicted molar refractivity (Wildman–Crippen MR) is 131 cm³/mol. The van der Waals surface area contributed by atoms with Crippen LogP contribution in [0.5, 0.6) is 0 Å². The Morgan fingerprint density at radius 2 is 1.81 bits per heavy atom. The van der Waals surface area contributed by atoms with E-state index in [2.05, 4.69) is 25.0 Å². The Hall–Kier alpha value is -3.78. The van der Waals surface area contributed by atoms with Crippen LogP contribution in [-0.2, 0) is 16.2 Å². The minimum atomic E-state index is -4.71. The molecular formula is C22H25F3N8O2S. The van der Waals surface area contributed by atoms with E-state index in [0.29, 0.717) is 42.2 Å². The molecule has 14 heteroatoms. The van der Waals surface area contributed by atoms with Crippen molar-refractivity contribution in [2.75, 3.05) is 43.0 Å². The van der Waals surface area contributed by atoms with Crippen molar-refractivity contribution in [2.45, 2.75) is 18.1 Å². The predicted octanol–water partition coefficient (Wildman–Crippen LogP) is 3.30. The van der Waals surface area contributed by atoms with Gasteiger partial charge in [0.1, 0.15) is 11.6 Å². The molecule has 192 valence electrons. The summed E-state index contributed by atoms with van der Waals surface area (Å²) in [7, 11) is -0.530. The van der Waals surface area contributed by atoms with Crippen molar-refractivity contribution in [3.05, 3.63) is 53.7 Å². The van der Waals surface area contributed by atoms with E-state index in [0.717, 1.165) is 6.20 Å². The second-order valence-electron chi connectivity index (χ2n) is 8.07. The first-order valence-corrected chi connectivity index (χ1v) is 12.0. The normalized spacial score (nSPS) is 12.0. The van der Waals surface area contributed by atoms with Crippen molar-refractivity contribution in [2.24, 2.45) is 0 Å². The van der Waals surface area contributed by atoms with Gasteiger partial charge in [-0.15, -0.1) is 0 Å². The summed E-state index contributed by atoms with van der Waals surface area (Å²) < 4.78 is 66.1. The van der Waals surface area contributed by atoms with Gasteiger partial charge >= 0.3 is 6.18 Å². The third-order valence-corrected chi connectivity index (χ3v) is 6.17. The zero-order valence-electron chi connectivity index (χ0n) is 19.7. The number of nitrogen functional groups attached to an aromatic ring is 1. The largest absolute Gasteiger partial charge is 0.416 e. The first-order chi connectivity index (χ1) is 16.8. The Bertz CT molecular complexity index is 1360. The summed E-state index contributed by atoms with van der Waals surface area (Å²) in [6.07, 6.45) is -3.92. The van der Waals surface area contributed by atoms with Gasteiger partial charge in [-0.25, -0.2) is 15.0 Å². The number of benzene rings is 1. The van der Waals surface area contributed by atoms with Gasteiger partial charge in [0.25, 0.3) is 10.0 Å². The molecule has 0 bridgehead atoms. The monoisotopic (exact) mass is 522 g/mol. The van der Waals surface area contributed by atoms with Crippen LogP contribution >= 0.6 is 0 Å². The minimum absolute atomic E-state index is 0.0993. The van der Waals surface area contributed by atoms with E-state index in [-0.39, 0.29) is 23.0 Å². The maximum Gasteiger partial charge on any atom is 0.416 e. The molecule has 3 rings (SSSR count). The van der Waals surface area contributed by atoms with Crippen molar-refractivity contribution in [1.29, 1.82) is 5.41 Å². The molecule has 3 aromatic rings. The third kappa shape index (κ3) is 6.46. The lowest BCUT2D eigenvalue weighted by Gasteiger charge is -2.16. The fraction of sp³-hybridized carbons (Fsp3) is 0.273. The molecule has 36 heavy (non-hydrogen) atoms. The fourth-order valence-corrected chi connectivity index (χ4v) is 4.16. The molecule has 0 spiro atoms. The molecule has 0 atom stereocenters. The summed E-state index contributed by atoms with van der Waals surface area (Å²) in [6.45, 7) is 2.84. The van der Waals surface area contributed by atoms with E-state index in [1.54, 1.807) is 6.92 Å². The number of anilines is 3. The van der Waals surface area contributed by atoms with Crippen LogP contribution in [0.2, 0.25) is 0 Å². The van der Waals surface area contributed by atoms with Crippen LogP contribution < -0.4 is 15.8 Å². The zero-order chi connectivity index (χ0) is 26.7. The molecule has 0 fully saturated rings. The van der Waals surface area contributed by atoms with Crippen LogP contribution in [0.1, 0.15) is 18.1 Å².